The molecule has 1 atom stereocenters. The molecule has 0 aliphatic carbocycles. The molecule has 3 aromatic rings. The standard InChI is InChI=1S/C30H29Cl2N3O3/c31-23-8-6-21(7-9-23)18-28(36)34(26-14-16-33(17-15-26)20-22-4-2-1-3-5-22)27-19-29(37)35(30(27)38)25-12-10-24(32)11-13-25/h1-13,26-27H,14-20H2. The van der Waals surface area contributed by atoms with Crippen molar-refractivity contribution in [1.29, 1.82) is 0 Å². The summed E-state index contributed by atoms with van der Waals surface area (Å²) in [6.45, 7) is 2.46. The molecule has 8 heteroatoms. The molecule has 38 heavy (non-hydrogen) atoms. The van der Waals surface area contributed by atoms with E-state index in [1.54, 1.807) is 41.3 Å². The van der Waals surface area contributed by atoms with Crippen LogP contribution in [0.3, 0.4) is 0 Å². The molecule has 0 saturated carbocycles. The number of amides is 3. The minimum Gasteiger partial charge on any atom is -0.327 e. The van der Waals surface area contributed by atoms with Gasteiger partial charge in [-0.05, 0) is 60.4 Å². The number of carbonyl (C=O) groups is 3. The van der Waals surface area contributed by atoms with Crippen LogP contribution in [0.4, 0.5) is 5.69 Å². The summed E-state index contributed by atoms with van der Waals surface area (Å²) in [5.41, 5.74) is 2.53. The minimum atomic E-state index is -0.830. The first-order chi connectivity index (χ1) is 18.4. The first-order valence-corrected chi connectivity index (χ1v) is 13.6. The second kappa shape index (κ2) is 11.7. The van der Waals surface area contributed by atoms with Crippen LogP contribution in [0, 0.1) is 0 Å². The number of rotatable bonds is 7. The van der Waals surface area contributed by atoms with Gasteiger partial charge in [0.05, 0.1) is 18.5 Å². The highest BCUT2D eigenvalue weighted by molar-refractivity contribution is 6.31. The van der Waals surface area contributed by atoms with Gasteiger partial charge in [-0.2, -0.15) is 0 Å². The van der Waals surface area contributed by atoms with E-state index in [4.69, 9.17) is 23.2 Å². The fourth-order valence-corrected chi connectivity index (χ4v) is 5.64. The van der Waals surface area contributed by atoms with Crippen molar-refractivity contribution >= 4 is 46.6 Å². The van der Waals surface area contributed by atoms with Crippen molar-refractivity contribution in [3.05, 3.63) is 100 Å². The van der Waals surface area contributed by atoms with Gasteiger partial charge in [0.1, 0.15) is 6.04 Å². The van der Waals surface area contributed by atoms with Crippen LogP contribution in [0.15, 0.2) is 78.9 Å². The van der Waals surface area contributed by atoms with Gasteiger partial charge in [-0.25, -0.2) is 4.90 Å². The van der Waals surface area contributed by atoms with E-state index < -0.39 is 6.04 Å². The lowest BCUT2D eigenvalue weighted by atomic mass is 9.98. The van der Waals surface area contributed by atoms with E-state index in [9.17, 15) is 14.4 Å². The largest absolute Gasteiger partial charge is 0.327 e. The van der Waals surface area contributed by atoms with E-state index in [1.807, 2.05) is 30.3 Å². The van der Waals surface area contributed by atoms with Crippen LogP contribution in [0.5, 0.6) is 0 Å². The van der Waals surface area contributed by atoms with Gasteiger partial charge in [-0.1, -0.05) is 65.7 Å². The van der Waals surface area contributed by atoms with Gasteiger partial charge in [0.15, 0.2) is 0 Å². The maximum absolute atomic E-state index is 13.8. The molecule has 1 unspecified atom stereocenters. The third-order valence-corrected chi connectivity index (χ3v) is 7.80. The SMILES string of the molecule is O=C1CC(N(C(=O)Cc2ccc(Cl)cc2)C2CCN(Cc3ccccc3)CC2)C(=O)N1c1ccc(Cl)cc1. The Bertz CT molecular complexity index is 1290. The van der Waals surface area contributed by atoms with Gasteiger partial charge in [0.2, 0.25) is 11.8 Å². The maximum Gasteiger partial charge on any atom is 0.257 e. The van der Waals surface area contributed by atoms with Crippen LogP contribution < -0.4 is 4.90 Å². The number of hydrogen-bond acceptors (Lipinski definition) is 4. The zero-order valence-corrected chi connectivity index (χ0v) is 22.4. The van der Waals surface area contributed by atoms with E-state index in [0.717, 1.165) is 38.0 Å². The Morgan fingerprint density at radius 1 is 0.816 bits per heavy atom. The summed E-state index contributed by atoms with van der Waals surface area (Å²) in [5, 5.41) is 1.12. The summed E-state index contributed by atoms with van der Waals surface area (Å²) in [6.07, 6.45) is 1.58. The topological polar surface area (TPSA) is 60.9 Å². The van der Waals surface area contributed by atoms with Gasteiger partial charge in [-0.15, -0.1) is 0 Å². The smallest absolute Gasteiger partial charge is 0.257 e. The van der Waals surface area contributed by atoms with E-state index in [-0.39, 0.29) is 36.6 Å². The van der Waals surface area contributed by atoms with E-state index in [2.05, 4.69) is 17.0 Å². The number of halogens is 2. The zero-order chi connectivity index (χ0) is 26.6. The molecule has 196 valence electrons. The number of hydrogen-bond donors (Lipinski definition) is 0. The number of carbonyl (C=O) groups excluding carboxylic acids is 3. The third kappa shape index (κ3) is 5.93. The van der Waals surface area contributed by atoms with Gasteiger partial charge < -0.3 is 4.90 Å². The molecule has 2 aliphatic rings. The molecule has 3 amide bonds. The Morgan fingerprint density at radius 3 is 2.05 bits per heavy atom. The lowest BCUT2D eigenvalue weighted by molar-refractivity contribution is -0.141. The average molecular weight is 550 g/mol. The van der Waals surface area contributed by atoms with Crippen LogP contribution in [-0.2, 0) is 27.3 Å². The zero-order valence-electron chi connectivity index (χ0n) is 20.9. The van der Waals surface area contributed by atoms with Crippen LogP contribution >= 0.6 is 23.2 Å². The minimum absolute atomic E-state index is 0.0297. The molecule has 5 rings (SSSR count). The highest BCUT2D eigenvalue weighted by Gasteiger charge is 2.46. The molecule has 3 aromatic carbocycles. The lowest BCUT2D eigenvalue weighted by Gasteiger charge is -2.40. The van der Waals surface area contributed by atoms with Crippen molar-refractivity contribution in [1.82, 2.24) is 9.80 Å². The van der Waals surface area contributed by atoms with Crippen LogP contribution in [-0.4, -0.2) is 52.7 Å². The Hall–Kier alpha value is -3.19. The fraction of sp³-hybridized carbons (Fsp3) is 0.300. The van der Waals surface area contributed by atoms with E-state index >= 15 is 0 Å². The highest BCUT2D eigenvalue weighted by Crippen LogP contribution is 2.31. The summed E-state index contributed by atoms with van der Waals surface area (Å²) in [4.78, 5) is 45.7. The summed E-state index contributed by atoms with van der Waals surface area (Å²) in [5.74, 6) is -0.834. The molecule has 2 fully saturated rings. The number of likely N-dealkylation sites (tertiary alicyclic amines) is 1. The van der Waals surface area contributed by atoms with Crippen molar-refractivity contribution in [2.24, 2.45) is 0 Å². The molecule has 0 spiro atoms. The fourth-order valence-electron chi connectivity index (χ4n) is 5.39. The first kappa shape index (κ1) is 26.4. The Kier molecular flexibility index (Phi) is 8.12. The highest BCUT2D eigenvalue weighted by atomic mass is 35.5. The lowest BCUT2D eigenvalue weighted by Crippen LogP contribution is -2.54. The monoisotopic (exact) mass is 549 g/mol. The van der Waals surface area contributed by atoms with Gasteiger partial charge in [0, 0.05) is 35.7 Å². The Balaban J connectivity index is 1.36. The third-order valence-electron chi connectivity index (χ3n) is 7.30. The first-order valence-electron chi connectivity index (χ1n) is 12.8. The average Bonchev–Trinajstić information content (AvgIpc) is 3.21. The number of benzene rings is 3. The predicted octanol–water partition coefficient (Wildman–Crippen LogP) is 5.36. The van der Waals surface area contributed by atoms with Crippen molar-refractivity contribution in [2.45, 2.75) is 44.3 Å². The van der Waals surface area contributed by atoms with Gasteiger partial charge >= 0.3 is 0 Å². The summed E-state index contributed by atoms with van der Waals surface area (Å²) < 4.78 is 0. The second-order valence-electron chi connectivity index (χ2n) is 9.86. The van der Waals surface area contributed by atoms with Crippen molar-refractivity contribution < 1.29 is 14.4 Å². The quantitative estimate of drug-likeness (QED) is 0.372. The van der Waals surface area contributed by atoms with Crippen LogP contribution in [0.2, 0.25) is 10.0 Å². The molecule has 0 bridgehead atoms. The van der Waals surface area contributed by atoms with E-state index in [1.165, 1.54) is 10.5 Å². The number of imide groups is 1. The second-order valence-corrected chi connectivity index (χ2v) is 10.7. The summed E-state index contributed by atoms with van der Waals surface area (Å²) in [7, 11) is 0. The predicted molar refractivity (Wildman–Crippen MR) is 149 cm³/mol. The molecule has 0 radical (unpaired) electrons. The normalized spacial score (nSPS) is 18.7. The molecule has 6 nitrogen and oxygen atoms in total. The molecular weight excluding hydrogens is 521 g/mol. The summed E-state index contributed by atoms with van der Waals surface area (Å²) in [6, 6.07) is 23.1. The molecule has 2 aliphatic heterocycles. The number of nitrogens with zero attached hydrogens (tertiary/aromatic N) is 3. The van der Waals surface area contributed by atoms with Crippen molar-refractivity contribution in [3.63, 3.8) is 0 Å². The number of piperidine rings is 1. The maximum atomic E-state index is 13.8. The number of anilines is 1. The van der Waals surface area contributed by atoms with Crippen molar-refractivity contribution in [3.8, 4) is 0 Å². The van der Waals surface area contributed by atoms with Crippen LogP contribution in [0.25, 0.3) is 0 Å². The Labute approximate surface area is 232 Å². The van der Waals surface area contributed by atoms with Gasteiger partial charge in [0.25, 0.3) is 5.91 Å². The summed E-state index contributed by atoms with van der Waals surface area (Å²) >= 11 is 12.0. The Morgan fingerprint density at radius 2 is 1.42 bits per heavy atom. The molecule has 2 saturated heterocycles. The van der Waals surface area contributed by atoms with Gasteiger partial charge in [-0.3, -0.25) is 19.3 Å². The molecule has 0 N–H and O–H groups in total. The van der Waals surface area contributed by atoms with Crippen LogP contribution in [0.1, 0.15) is 30.4 Å². The van der Waals surface area contributed by atoms with E-state index in [0.29, 0.717) is 15.7 Å². The molecule has 2 heterocycles. The molecular formula is C30H29Cl2N3O3. The molecule has 0 aromatic heterocycles. The van der Waals surface area contributed by atoms with Crippen molar-refractivity contribution in [2.75, 3.05) is 18.0 Å².